The summed E-state index contributed by atoms with van der Waals surface area (Å²) in [6, 6.07) is 8.87. The first-order valence-corrected chi connectivity index (χ1v) is 11.0. The molecule has 0 spiro atoms. The number of rotatable bonds is 10. The normalized spacial score (nSPS) is 12.9. The lowest BCUT2D eigenvalue weighted by atomic mass is 9.99. The molecule has 0 aliphatic heterocycles. The highest BCUT2D eigenvalue weighted by atomic mass is 16.6. The third-order valence-electron chi connectivity index (χ3n) is 4.63. The van der Waals surface area contributed by atoms with Crippen LogP contribution in [0.15, 0.2) is 30.3 Å². The summed E-state index contributed by atoms with van der Waals surface area (Å²) in [6.45, 7) is 10.9. The SMILES string of the molecule is CCCCNC(=O)C(c1ccccc1)N(CC#N)C(=O)C(NC(=O)OC(C)(C)C)C(C)C. The van der Waals surface area contributed by atoms with E-state index < -0.39 is 29.7 Å². The van der Waals surface area contributed by atoms with Crippen molar-refractivity contribution in [2.24, 2.45) is 5.92 Å². The van der Waals surface area contributed by atoms with Crippen molar-refractivity contribution in [1.82, 2.24) is 15.5 Å². The molecule has 2 atom stereocenters. The van der Waals surface area contributed by atoms with Crippen LogP contribution in [0.2, 0.25) is 0 Å². The first-order chi connectivity index (χ1) is 15.0. The Hall–Kier alpha value is -3.08. The Morgan fingerprint density at radius 2 is 1.78 bits per heavy atom. The number of amides is 3. The third kappa shape index (κ3) is 8.58. The van der Waals surface area contributed by atoms with E-state index in [-0.39, 0.29) is 18.4 Å². The molecule has 0 aliphatic carbocycles. The Bertz CT molecular complexity index is 796. The van der Waals surface area contributed by atoms with Crippen molar-refractivity contribution in [3.63, 3.8) is 0 Å². The maximum absolute atomic E-state index is 13.5. The highest BCUT2D eigenvalue weighted by Gasteiger charge is 2.37. The Balaban J connectivity index is 3.28. The Morgan fingerprint density at radius 3 is 2.28 bits per heavy atom. The van der Waals surface area contributed by atoms with Gasteiger partial charge in [0.25, 0.3) is 0 Å². The number of unbranched alkanes of at least 4 members (excludes halogenated alkanes) is 1. The molecule has 8 heteroatoms. The van der Waals surface area contributed by atoms with E-state index in [1.54, 1.807) is 58.9 Å². The average Bonchev–Trinajstić information content (AvgIpc) is 2.70. The molecule has 2 N–H and O–H groups in total. The van der Waals surface area contributed by atoms with Crippen molar-refractivity contribution in [3.05, 3.63) is 35.9 Å². The fourth-order valence-corrected chi connectivity index (χ4v) is 3.09. The van der Waals surface area contributed by atoms with Crippen LogP contribution >= 0.6 is 0 Å². The minimum absolute atomic E-state index is 0.296. The largest absolute Gasteiger partial charge is 0.444 e. The molecule has 0 saturated carbocycles. The van der Waals surface area contributed by atoms with E-state index in [0.717, 1.165) is 12.8 Å². The molecule has 1 aromatic carbocycles. The van der Waals surface area contributed by atoms with Gasteiger partial charge < -0.3 is 20.3 Å². The molecule has 176 valence electrons. The smallest absolute Gasteiger partial charge is 0.408 e. The van der Waals surface area contributed by atoms with Gasteiger partial charge in [0.05, 0.1) is 6.07 Å². The van der Waals surface area contributed by atoms with Crippen LogP contribution in [0.3, 0.4) is 0 Å². The summed E-state index contributed by atoms with van der Waals surface area (Å²) in [5.74, 6) is -1.18. The van der Waals surface area contributed by atoms with Crippen LogP contribution in [0.1, 0.15) is 66.0 Å². The number of alkyl carbamates (subject to hydrolysis) is 1. The number of nitriles is 1. The van der Waals surface area contributed by atoms with Crippen molar-refractivity contribution < 1.29 is 19.1 Å². The van der Waals surface area contributed by atoms with Crippen molar-refractivity contribution in [3.8, 4) is 6.07 Å². The predicted molar refractivity (Wildman–Crippen MR) is 122 cm³/mol. The van der Waals surface area contributed by atoms with E-state index in [4.69, 9.17) is 4.74 Å². The van der Waals surface area contributed by atoms with Gasteiger partial charge in [0.15, 0.2) is 0 Å². The van der Waals surface area contributed by atoms with Gasteiger partial charge >= 0.3 is 6.09 Å². The molecule has 0 heterocycles. The Morgan fingerprint density at radius 1 is 1.16 bits per heavy atom. The number of carbonyl (C=O) groups excluding carboxylic acids is 3. The molecular formula is C24H36N4O4. The van der Waals surface area contributed by atoms with E-state index in [9.17, 15) is 19.6 Å². The lowest BCUT2D eigenvalue weighted by molar-refractivity contribution is -0.142. The van der Waals surface area contributed by atoms with Crippen LogP contribution in [-0.4, -0.2) is 47.5 Å². The van der Waals surface area contributed by atoms with Crippen LogP contribution in [0.5, 0.6) is 0 Å². The lowest BCUT2D eigenvalue weighted by Crippen LogP contribution is -2.55. The molecule has 2 unspecified atom stereocenters. The zero-order chi connectivity index (χ0) is 24.3. The minimum Gasteiger partial charge on any atom is -0.444 e. The number of hydrogen-bond donors (Lipinski definition) is 2. The molecule has 0 aromatic heterocycles. The first-order valence-electron chi connectivity index (χ1n) is 11.0. The summed E-state index contributed by atoms with van der Waals surface area (Å²) in [6.07, 6.45) is 0.978. The Labute approximate surface area is 191 Å². The number of carbonyl (C=O) groups is 3. The topological polar surface area (TPSA) is 112 Å². The molecule has 1 aromatic rings. The summed E-state index contributed by atoms with van der Waals surface area (Å²) in [7, 11) is 0. The highest BCUT2D eigenvalue weighted by molar-refractivity contribution is 5.92. The van der Waals surface area contributed by atoms with Gasteiger partial charge in [-0.2, -0.15) is 5.26 Å². The van der Waals surface area contributed by atoms with Crippen molar-refractivity contribution >= 4 is 17.9 Å². The molecule has 0 saturated heterocycles. The van der Waals surface area contributed by atoms with Gasteiger partial charge in [0.1, 0.15) is 24.2 Å². The van der Waals surface area contributed by atoms with Gasteiger partial charge in [-0.1, -0.05) is 57.5 Å². The van der Waals surface area contributed by atoms with E-state index in [0.29, 0.717) is 12.1 Å². The fourth-order valence-electron chi connectivity index (χ4n) is 3.09. The molecule has 0 aliphatic rings. The standard InChI is InChI=1S/C24H36N4O4/c1-7-8-15-26-21(29)20(18-12-10-9-11-13-18)28(16-14-25)22(30)19(17(2)3)27-23(31)32-24(4,5)6/h9-13,17,19-20H,7-8,15-16H2,1-6H3,(H,26,29)(H,27,31). The molecule has 3 amide bonds. The van der Waals surface area contributed by atoms with E-state index >= 15 is 0 Å². The molecular weight excluding hydrogens is 408 g/mol. The Kier molecular flexibility index (Phi) is 10.7. The number of hydrogen-bond acceptors (Lipinski definition) is 5. The highest BCUT2D eigenvalue weighted by Crippen LogP contribution is 2.23. The van der Waals surface area contributed by atoms with Crippen LogP contribution < -0.4 is 10.6 Å². The van der Waals surface area contributed by atoms with Crippen LogP contribution in [0.25, 0.3) is 0 Å². The van der Waals surface area contributed by atoms with E-state index in [1.807, 2.05) is 19.1 Å². The quantitative estimate of drug-likeness (QED) is 0.423. The summed E-state index contributed by atoms with van der Waals surface area (Å²) in [4.78, 5) is 40.2. The van der Waals surface area contributed by atoms with Gasteiger partial charge in [-0.05, 0) is 38.7 Å². The van der Waals surface area contributed by atoms with Gasteiger partial charge in [-0.15, -0.1) is 0 Å². The van der Waals surface area contributed by atoms with Gasteiger partial charge in [-0.25, -0.2) is 4.79 Å². The lowest BCUT2D eigenvalue weighted by Gasteiger charge is -2.34. The number of benzene rings is 1. The molecule has 8 nitrogen and oxygen atoms in total. The summed E-state index contributed by atoms with van der Waals surface area (Å²) < 4.78 is 5.30. The van der Waals surface area contributed by atoms with Crippen LogP contribution in [-0.2, 0) is 14.3 Å². The van der Waals surface area contributed by atoms with Crippen molar-refractivity contribution in [1.29, 1.82) is 5.26 Å². The average molecular weight is 445 g/mol. The van der Waals surface area contributed by atoms with Gasteiger partial charge in [-0.3, -0.25) is 9.59 Å². The molecule has 1 rings (SSSR count). The second-order valence-corrected chi connectivity index (χ2v) is 8.95. The predicted octanol–water partition coefficient (Wildman–Crippen LogP) is 3.55. The molecule has 32 heavy (non-hydrogen) atoms. The van der Waals surface area contributed by atoms with E-state index in [2.05, 4.69) is 10.6 Å². The monoisotopic (exact) mass is 444 g/mol. The van der Waals surface area contributed by atoms with Crippen LogP contribution in [0.4, 0.5) is 4.79 Å². The molecule has 0 bridgehead atoms. The minimum atomic E-state index is -0.998. The van der Waals surface area contributed by atoms with Crippen molar-refractivity contribution in [2.45, 2.75) is 72.1 Å². The molecule has 0 fully saturated rings. The summed E-state index contributed by atoms with van der Waals surface area (Å²) in [5, 5.41) is 14.9. The number of ether oxygens (including phenoxy) is 1. The fraction of sp³-hybridized carbons (Fsp3) is 0.583. The van der Waals surface area contributed by atoms with Crippen molar-refractivity contribution in [2.75, 3.05) is 13.1 Å². The van der Waals surface area contributed by atoms with Crippen LogP contribution in [0, 0.1) is 17.2 Å². The maximum Gasteiger partial charge on any atom is 0.408 e. The van der Waals surface area contributed by atoms with Gasteiger partial charge in [0.2, 0.25) is 11.8 Å². The summed E-state index contributed by atoms with van der Waals surface area (Å²) >= 11 is 0. The molecule has 0 radical (unpaired) electrons. The second kappa shape index (κ2) is 12.7. The summed E-state index contributed by atoms with van der Waals surface area (Å²) in [5.41, 5.74) is -0.142. The zero-order valence-electron chi connectivity index (χ0n) is 20.0. The number of nitrogens with one attached hydrogen (secondary N) is 2. The number of nitrogens with zero attached hydrogens (tertiary/aromatic N) is 2. The van der Waals surface area contributed by atoms with E-state index in [1.165, 1.54) is 4.90 Å². The zero-order valence-corrected chi connectivity index (χ0v) is 20.0. The maximum atomic E-state index is 13.5. The third-order valence-corrected chi connectivity index (χ3v) is 4.63. The first kappa shape index (κ1) is 27.0. The second-order valence-electron chi connectivity index (χ2n) is 8.95. The van der Waals surface area contributed by atoms with Gasteiger partial charge in [0, 0.05) is 6.54 Å².